The summed E-state index contributed by atoms with van der Waals surface area (Å²) < 4.78 is 17.1. The SMILES string of the molecule is CC(C)N1CCc2cc(Nc3cc4cc(-c5cncc6c5CC[C@@H]6O)c(F)c(N)c4cn3)nn2CC1=O. The van der Waals surface area contributed by atoms with E-state index in [2.05, 4.69) is 20.4 Å². The van der Waals surface area contributed by atoms with E-state index in [4.69, 9.17) is 5.73 Å². The van der Waals surface area contributed by atoms with Crippen LogP contribution >= 0.6 is 0 Å². The number of nitrogen functional groups attached to an aromatic ring is 1. The molecule has 2 aliphatic rings. The number of pyridine rings is 2. The first-order valence-electron chi connectivity index (χ1n) is 12.5. The number of fused-ring (bicyclic) bond motifs is 3. The Kier molecular flexibility index (Phi) is 5.56. The Balaban J connectivity index is 1.33. The normalized spacial score (nSPS) is 17.3. The smallest absolute Gasteiger partial charge is 0.244 e. The number of aliphatic hydroxyl groups excluding tert-OH is 1. The molecule has 4 heterocycles. The fraction of sp³-hybridized carbons (Fsp3) is 0.333. The predicted molar refractivity (Wildman–Crippen MR) is 139 cm³/mol. The van der Waals surface area contributed by atoms with Crippen molar-refractivity contribution < 1.29 is 14.3 Å². The van der Waals surface area contributed by atoms with Gasteiger partial charge >= 0.3 is 0 Å². The Labute approximate surface area is 213 Å². The standard InChI is InChI=1S/C27H28FN7O2/c1-14(2)34-6-5-16-9-24(33-35(16)13-25(34)37)32-23-8-15-7-18(26(28)27(29)19(15)12-31-23)20-10-30-11-21-17(20)3-4-22(21)36/h7-12,14,22,36H,3-6,13,29H2,1-2H3,(H,31,32,33)/t22-/m0/s1. The van der Waals surface area contributed by atoms with Crippen LogP contribution in [-0.2, 0) is 24.2 Å². The first-order chi connectivity index (χ1) is 17.8. The summed E-state index contributed by atoms with van der Waals surface area (Å²) in [5, 5.41) is 19.3. The molecule has 190 valence electrons. The summed E-state index contributed by atoms with van der Waals surface area (Å²) in [6.45, 7) is 4.88. The summed E-state index contributed by atoms with van der Waals surface area (Å²) in [4.78, 5) is 23.1. The zero-order valence-corrected chi connectivity index (χ0v) is 20.7. The lowest BCUT2D eigenvalue weighted by atomic mass is 9.96. The topological polar surface area (TPSA) is 122 Å². The summed E-state index contributed by atoms with van der Waals surface area (Å²) in [5.41, 5.74) is 9.82. The molecule has 9 nitrogen and oxygen atoms in total. The number of amides is 1. The van der Waals surface area contributed by atoms with Crippen molar-refractivity contribution in [3.05, 3.63) is 59.4 Å². The number of hydrogen-bond acceptors (Lipinski definition) is 7. The van der Waals surface area contributed by atoms with Crippen molar-refractivity contribution in [3.8, 4) is 11.1 Å². The van der Waals surface area contributed by atoms with Gasteiger partial charge in [0, 0.05) is 71.4 Å². The molecule has 1 atom stereocenters. The largest absolute Gasteiger partial charge is 0.396 e. The van der Waals surface area contributed by atoms with Gasteiger partial charge in [-0.15, -0.1) is 0 Å². The molecule has 10 heteroatoms. The van der Waals surface area contributed by atoms with Crippen LogP contribution in [0.3, 0.4) is 0 Å². The van der Waals surface area contributed by atoms with Crippen molar-refractivity contribution in [2.45, 2.75) is 51.8 Å². The van der Waals surface area contributed by atoms with Gasteiger partial charge in [0.2, 0.25) is 5.91 Å². The van der Waals surface area contributed by atoms with Gasteiger partial charge < -0.3 is 21.1 Å². The average Bonchev–Trinajstić information content (AvgIpc) is 3.39. The first kappa shape index (κ1) is 23.4. The maximum atomic E-state index is 15.4. The second-order valence-corrected chi connectivity index (χ2v) is 9.99. The minimum atomic E-state index is -0.586. The highest BCUT2D eigenvalue weighted by molar-refractivity contribution is 5.98. The van der Waals surface area contributed by atoms with Crippen molar-refractivity contribution in [2.24, 2.45) is 0 Å². The number of nitrogens with zero attached hydrogens (tertiary/aromatic N) is 5. The van der Waals surface area contributed by atoms with E-state index >= 15 is 4.39 Å². The third kappa shape index (κ3) is 3.97. The van der Waals surface area contributed by atoms with Gasteiger partial charge in [-0.25, -0.2) is 9.37 Å². The van der Waals surface area contributed by atoms with Crippen LogP contribution < -0.4 is 11.1 Å². The molecule has 0 spiro atoms. The second-order valence-electron chi connectivity index (χ2n) is 9.99. The highest BCUT2D eigenvalue weighted by atomic mass is 19.1. The number of anilines is 3. The molecule has 4 aromatic rings. The minimum absolute atomic E-state index is 0.0182. The van der Waals surface area contributed by atoms with E-state index in [1.54, 1.807) is 35.4 Å². The number of benzene rings is 1. The highest BCUT2D eigenvalue weighted by Gasteiger charge is 2.26. The molecule has 37 heavy (non-hydrogen) atoms. The van der Waals surface area contributed by atoms with Gasteiger partial charge in [0.15, 0.2) is 11.6 Å². The van der Waals surface area contributed by atoms with Crippen molar-refractivity contribution in [1.82, 2.24) is 24.6 Å². The monoisotopic (exact) mass is 501 g/mol. The van der Waals surface area contributed by atoms with Crippen molar-refractivity contribution in [1.29, 1.82) is 0 Å². The van der Waals surface area contributed by atoms with Gasteiger partial charge in [-0.1, -0.05) is 0 Å². The molecule has 6 rings (SSSR count). The lowest BCUT2D eigenvalue weighted by Crippen LogP contribution is -2.38. The molecule has 0 bridgehead atoms. The summed E-state index contributed by atoms with van der Waals surface area (Å²) in [6, 6.07) is 5.63. The predicted octanol–water partition coefficient (Wildman–Crippen LogP) is 3.73. The number of nitrogens with two attached hydrogens (primary N) is 1. The number of halogens is 1. The number of hydrogen-bond donors (Lipinski definition) is 3. The fourth-order valence-electron chi connectivity index (χ4n) is 5.41. The molecule has 0 saturated heterocycles. The van der Waals surface area contributed by atoms with Crippen LogP contribution in [0.4, 0.5) is 21.7 Å². The maximum Gasteiger partial charge on any atom is 0.244 e. The lowest BCUT2D eigenvalue weighted by Gasteiger charge is -2.24. The molecular formula is C27H28FN7O2. The van der Waals surface area contributed by atoms with E-state index in [0.29, 0.717) is 59.3 Å². The number of rotatable bonds is 4. The van der Waals surface area contributed by atoms with Gasteiger partial charge in [-0.3, -0.25) is 14.5 Å². The van der Waals surface area contributed by atoms with Crippen LogP contribution in [0, 0.1) is 5.82 Å². The minimum Gasteiger partial charge on any atom is -0.396 e. The van der Waals surface area contributed by atoms with E-state index in [-0.39, 0.29) is 24.2 Å². The summed E-state index contributed by atoms with van der Waals surface area (Å²) >= 11 is 0. The van der Waals surface area contributed by atoms with Gasteiger partial charge in [0.05, 0.1) is 11.8 Å². The molecular weight excluding hydrogens is 473 g/mol. The van der Waals surface area contributed by atoms with Crippen LogP contribution in [0.5, 0.6) is 0 Å². The van der Waals surface area contributed by atoms with Crippen molar-refractivity contribution in [2.75, 3.05) is 17.6 Å². The molecule has 3 aromatic heterocycles. The molecule has 0 fully saturated rings. The van der Waals surface area contributed by atoms with Gasteiger partial charge in [0.25, 0.3) is 0 Å². The third-order valence-electron chi connectivity index (χ3n) is 7.36. The fourth-order valence-corrected chi connectivity index (χ4v) is 5.41. The quantitative estimate of drug-likeness (QED) is 0.364. The Bertz CT molecular complexity index is 1550. The van der Waals surface area contributed by atoms with Gasteiger partial charge in [-0.2, -0.15) is 5.10 Å². The lowest BCUT2D eigenvalue weighted by molar-refractivity contribution is -0.133. The number of nitrogens with one attached hydrogen (secondary N) is 1. The van der Waals surface area contributed by atoms with Gasteiger partial charge in [-0.05, 0) is 49.8 Å². The third-order valence-corrected chi connectivity index (χ3v) is 7.36. The zero-order chi connectivity index (χ0) is 25.8. The Hall–Kier alpha value is -4.05. The van der Waals surface area contributed by atoms with Crippen molar-refractivity contribution >= 4 is 34.0 Å². The number of aromatic nitrogens is 4. The second kappa shape index (κ2) is 8.81. The van der Waals surface area contributed by atoms with E-state index in [0.717, 1.165) is 16.8 Å². The van der Waals surface area contributed by atoms with Crippen LogP contribution in [-0.4, -0.2) is 48.2 Å². The molecule has 0 radical (unpaired) electrons. The van der Waals surface area contributed by atoms with E-state index in [1.165, 1.54) is 0 Å². The van der Waals surface area contributed by atoms with Crippen LogP contribution in [0.15, 0.2) is 36.8 Å². The number of carbonyl (C=O) groups is 1. The highest BCUT2D eigenvalue weighted by Crippen LogP contribution is 2.40. The maximum absolute atomic E-state index is 15.4. The summed E-state index contributed by atoms with van der Waals surface area (Å²) in [6.07, 6.45) is 6.18. The molecule has 1 amide bonds. The zero-order valence-electron chi connectivity index (χ0n) is 20.7. The summed E-state index contributed by atoms with van der Waals surface area (Å²) in [5.74, 6) is 0.637. The molecule has 4 N–H and O–H groups in total. The van der Waals surface area contributed by atoms with Crippen LogP contribution in [0.2, 0.25) is 0 Å². The molecule has 1 aliphatic carbocycles. The molecule has 1 aliphatic heterocycles. The van der Waals surface area contributed by atoms with E-state index in [9.17, 15) is 9.90 Å². The molecule has 0 saturated carbocycles. The number of carbonyl (C=O) groups excluding carboxylic acids is 1. The summed E-state index contributed by atoms with van der Waals surface area (Å²) in [7, 11) is 0. The molecule has 0 unspecified atom stereocenters. The van der Waals surface area contributed by atoms with Crippen LogP contribution in [0.1, 0.15) is 43.2 Å². The van der Waals surface area contributed by atoms with E-state index in [1.807, 2.05) is 24.8 Å². The van der Waals surface area contributed by atoms with E-state index < -0.39 is 11.9 Å². The Morgan fingerprint density at radius 1 is 1.14 bits per heavy atom. The van der Waals surface area contributed by atoms with Crippen LogP contribution in [0.25, 0.3) is 21.9 Å². The van der Waals surface area contributed by atoms with Crippen molar-refractivity contribution in [3.63, 3.8) is 0 Å². The molecule has 1 aromatic carbocycles. The Morgan fingerprint density at radius 2 is 1.97 bits per heavy atom. The first-order valence-corrected chi connectivity index (χ1v) is 12.5. The average molecular weight is 502 g/mol. The van der Waals surface area contributed by atoms with Gasteiger partial charge in [0.1, 0.15) is 12.4 Å². The number of aliphatic hydroxyl groups is 1. The Morgan fingerprint density at radius 3 is 2.78 bits per heavy atom.